The van der Waals surface area contributed by atoms with E-state index in [9.17, 15) is 40.7 Å². The van der Waals surface area contributed by atoms with Crippen LogP contribution in [0, 0.1) is 5.41 Å². The minimum atomic E-state index is -5.89. The molecule has 0 rings (SSSR count). The van der Waals surface area contributed by atoms with E-state index in [-0.39, 0.29) is 0 Å². The summed E-state index contributed by atoms with van der Waals surface area (Å²) in [4.78, 5) is 33.7. The summed E-state index contributed by atoms with van der Waals surface area (Å²) in [6, 6.07) is 0. The van der Waals surface area contributed by atoms with Crippen molar-refractivity contribution in [1.82, 2.24) is 0 Å². The molecule has 0 fully saturated rings. The average molecular weight is 382 g/mol. The minimum absolute atomic E-state index is 0.391. The summed E-state index contributed by atoms with van der Waals surface area (Å²) < 4.78 is 85.1. The zero-order chi connectivity index (χ0) is 20.1. The van der Waals surface area contributed by atoms with E-state index in [1.54, 1.807) is 6.92 Å². The minimum Gasteiger partial charge on any atom is -0.442 e. The van der Waals surface area contributed by atoms with Gasteiger partial charge in [-0.05, 0) is 20.3 Å². The van der Waals surface area contributed by atoms with Crippen molar-refractivity contribution in [3.05, 3.63) is 0 Å². The first kappa shape index (κ1) is 23.0. The van der Waals surface area contributed by atoms with E-state index in [0.717, 1.165) is 0 Å². The van der Waals surface area contributed by atoms with Crippen molar-refractivity contribution in [1.29, 1.82) is 0 Å². The number of hydrogen-bond acceptors (Lipinski definition) is 6. The summed E-state index contributed by atoms with van der Waals surface area (Å²) in [5, 5.41) is 0. The first-order chi connectivity index (χ1) is 11.1. The Kier molecular flexibility index (Phi) is 7.71. The number of hydrogen-bond donors (Lipinski definition) is 0. The topological polar surface area (TPSA) is 78.9 Å². The Morgan fingerprint density at radius 1 is 0.880 bits per heavy atom. The fourth-order valence-corrected chi connectivity index (χ4v) is 1.15. The molecule has 0 amide bonds. The molecule has 0 aliphatic rings. The predicted octanol–water partition coefficient (Wildman–Crippen LogP) is 2.89. The zero-order valence-corrected chi connectivity index (χ0v) is 13.4. The van der Waals surface area contributed by atoms with Crippen molar-refractivity contribution in [2.75, 3.05) is 6.79 Å². The Morgan fingerprint density at radius 2 is 1.36 bits per heavy atom. The van der Waals surface area contributed by atoms with E-state index >= 15 is 0 Å². The molecule has 0 spiro atoms. The van der Waals surface area contributed by atoms with E-state index in [0.29, 0.717) is 6.42 Å². The van der Waals surface area contributed by atoms with Crippen molar-refractivity contribution in [3.63, 3.8) is 0 Å². The van der Waals surface area contributed by atoms with Gasteiger partial charge in [0.05, 0.1) is 5.41 Å². The number of rotatable bonds is 7. The molecule has 0 aliphatic heterocycles. The van der Waals surface area contributed by atoms with Crippen LogP contribution < -0.4 is 0 Å². The molecule has 0 aromatic carbocycles. The van der Waals surface area contributed by atoms with Crippen molar-refractivity contribution in [2.24, 2.45) is 5.41 Å². The predicted molar refractivity (Wildman–Crippen MR) is 67.7 cm³/mol. The summed E-state index contributed by atoms with van der Waals surface area (Å²) in [7, 11) is 0. The Hall–Kier alpha value is -2.01. The normalized spacial score (nSPS) is 12.7. The standard InChI is InChI=1S/C13H16F6O6/c1-4-11(2,3)10(22)24-6-23-7(20)5-8(21)25-9(12(14,15)16)13(17,18)19/h9H,4-6H2,1-3H3. The molecule has 0 aromatic rings. The average Bonchev–Trinajstić information content (AvgIpc) is 2.42. The highest BCUT2D eigenvalue weighted by Gasteiger charge is 2.59. The smallest absolute Gasteiger partial charge is 0.434 e. The van der Waals surface area contributed by atoms with Crippen LogP contribution in [-0.2, 0) is 28.6 Å². The third-order valence-electron chi connectivity index (χ3n) is 2.98. The molecule has 146 valence electrons. The highest BCUT2D eigenvalue weighted by molar-refractivity contribution is 5.91. The molecule has 0 saturated carbocycles. The molecule has 12 heteroatoms. The number of carbonyl (C=O) groups excluding carboxylic acids is 3. The lowest BCUT2D eigenvalue weighted by Crippen LogP contribution is -2.45. The van der Waals surface area contributed by atoms with Crippen molar-refractivity contribution in [2.45, 2.75) is 52.1 Å². The van der Waals surface area contributed by atoms with Gasteiger partial charge in [0.1, 0.15) is 6.42 Å². The lowest BCUT2D eigenvalue weighted by atomic mass is 9.91. The summed E-state index contributed by atoms with van der Waals surface area (Å²) >= 11 is 0. The molecule has 0 bridgehead atoms. The van der Waals surface area contributed by atoms with Crippen LogP contribution in [0.2, 0.25) is 0 Å². The second-order valence-corrected chi connectivity index (χ2v) is 5.43. The molecular formula is C13H16F6O6. The molecule has 0 atom stereocenters. The Balaban J connectivity index is 4.48. The quantitative estimate of drug-likeness (QED) is 0.292. The van der Waals surface area contributed by atoms with Gasteiger partial charge < -0.3 is 14.2 Å². The maximum absolute atomic E-state index is 12.2. The van der Waals surface area contributed by atoms with Crippen LogP contribution in [0.15, 0.2) is 0 Å². The summed E-state index contributed by atoms with van der Waals surface area (Å²) in [6.07, 6.45) is -17.3. The highest BCUT2D eigenvalue weighted by atomic mass is 19.4. The van der Waals surface area contributed by atoms with Crippen LogP contribution >= 0.6 is 0 Å². The summed E-state index contributed by atoms with van der Waals surface area (Å²) in [5.74, 6) is -4.36. The van der Waals surface area contributed by atoms with E-state index < -0.39 is 55.0 Å². The second-order valence-electron chi connectivity index (χ2n) is 5.43. The summed E-state index contributed by atoms with van der Waals surface area (Å²) in [6.45, 7) is 3.79. The maximum Gasteiger partial charge on any atom is 0.434 e. The van der Waals surface area contributed by atoms with Crippen LogP contribution in [0.3, 0.4) is 0 Å². The first-order valence-electron chi connectivity index (χ1n) is 6.77. The molecule has 0 N–H and O–H groups in total. The number of halogens is 6. The fraction of sp³-hybridized carbons (Fsp3) is 0.769. The molecule has 0 unspecified atom stereocenters. The third kappa shape index (κ3) is 8.07. The lowest BCUT2D eigenvalue weighted by molar-refractivity contribution is -0.313. The van der Waals surface area contributed by atoms with Crippen LogP contribution in [0.4, 0.5) is 26.3 Å². The van der Waals surface area contributed by atoms with Gasteiger partial charge in [0.15, 0.2) is 0 Å². The fourth-order valence-electron chi connectivity index (χ4n) is 1.15. The van der Waals surface area contributed by atoms with Crippen molar-refractivity contribution >= 4 is 17.9 Å². The van der Waals surface area contributed by atoms with E-state index in [1.807, 2.05) is 0 Å². The van der Waals surface area contributed by atoms with Gasteiger partial charge in [-0.2, -0.15) is 26.3 Å². The van der Waals surface area contributed by atoms with Crippen LogP contribution in [-0.4, -0.2) is 43.2 Å². The molecule has 0 radical (unpaired) electrons. The maximum atomic E-state index is 12.2. The number of alkyl halides is 6. The van der Waals surface area contributed by atoms with Gasteiger partial charge in [-0.3, -0.25) is 14.4 Å². The van der Waals surface area contributed by atoms with Crippen LogP contribution in [0.25, 0.3) is 0 Å². The largest absolute Gasteiger partial charge is 0.442 e. The number of carbonyl (C=O) groups is 3. The number of esters is 3. The van der Waals surface area contributed by atoms with E-state index in [2.05, 4.69) is 14.2 Å². The van der Waals surface area contributed by atoms with E-state index in [4.69, 9.17) is 0 Å². The third-order valence-corrected chi connectivity index (χ3v) is 2.98. The van der Waals surface area contributed by atoms with Crippen LogP contribution in [0.1, 0.15) is 33.6 Å². The number of ether oxygens (including phenoxy) is 3. The Labute approximate surface area is 138 Å². The SMILES string of the molecule is CCC(C)(C)C(=O)OCOC(=O)CC(=O)OC(C(F)(F)F)C(F)(F)F. The van der Waals surface area contributed by atoms with Gasteiger partial charge in [0, 0.05) is 0 Å². The molecule has 0 aliphatic carbocycles. The van der Waals surface area contributed by atoms with Gasteiger partial charge in [-0.1, -0.05) is 6.92 Å². The van der Waals surface area contributed by atoms with Gasteiger partial charge in [0.25, 0.3) is 6.10 Å². The van der Waals surface area contributed by atoms with Gasteiger partial charge >= 0.3 is 30.3 Å². The second kappa shape index (κ2) is 8.39. The Morgan fingerprint density at radius 3 is 1.76 bits per heavy atom. The van der Waals surface area contributed by atoms with Crippen molar-refractivity contribution < 1.29 is 54.9 Å². The molecule has 6 nitrogen and oxygen atoms in total. The van der Waals surface area contributed by atoms with Crippen LogP contribution in [0.5, 0.6) is 0 Å². The zero-order valence-electron chi connectivity index (χ0n) is 13.4. The molecule has 25 heavy (non-hydrogen) atoms. The van der Waals surface area contributed by atoms with Gasteiger partial charge in [-0.25, -0.2) is 0 Å². The van der Waals surface area contributed by atoms with Gasteiger partial charge in [-0.15, -0.1) is 0 Å². The molecule has 0 aromatic heterocycles. The molecule has 0 heterocycles. The summed E-state index contributed by atoms with van der Waals surface area (Å²) in [5.41, 5.74) is -0.891. The molecule has 0 saturated heterocycles. The van der Waals surface area contributed by atoms with Gasteiger partial charge in [0.2, 0.25) is 6.79 Å². The lowest BCUT2D eigenvalue weighted by Gasteiger charge is -2.22. The van der Waals surface area contributed by atoms with E-state index in [1.165, 1.54) is 13.8 Å². The Bertz CT molecular complexity index is 482. The molecular weight excluding hydrogens is 366 g/mol. The first-order valence-corrected chi connectivity index (χ1v) is 6.77. The monoisotopic (exact) mass is 382 g/mol. The highest BCUT2D eigenvalue weighted by Crippen LogP contribution is 2.35. The van der Waals surface area contributed by atoms with Crippen molar-refractivity contribution in [3.8, 4) is 0 Å².